The number of hydrogen-bond acceptors (Lipinski definition) is 5. The summed E-state index contributed by atoms with van der Waals surface area (Å²) < 4.78 is -0.676. The second kappa shape index (κ2) is 7.81. The molecule has 3 unspecified atom stereocenters. The number of rotatable bonds is 5. The highest BCUT2D eigenvalue weighted by Gasteiger charge is 2.76. The molecule has 0 aromatic heterocycles. The molecule has 8 heteroatoms. The maximum atomic E-state index is 13.8. The Morgan fingerprint density at radius 2 is 2.03 bits per heavy atom. The Morgan fingerprint density at radius 1 is 1.32 bits per heavy atom. The summed E-state index contributed by atoms with van der Waals surface area (Å²) in [6.45, 7) is 7.50. The molecule has 3 fully saturated rings. The molecule has 3 heterocycles. The van der Waals surface area contributed by atoms with Crippen LogP contribution in [0.4, 0.5) is 5.69 Å². The average molecular weight is 446 g/mol. The molecule has 1 aromatic carbocycles. The van der Waals surface area contributed by atoms with Crippen molar-refractivity contribution in [3.63, 3.8) is 0 Å². The molecule has 7 atom stereocenters. The first-order valence-electron chi connectivity index (χ1n) is 10.9. The van der Waals surface area contributed by atoms with E-state index >= 15 is 0 Å². The van der Waals surface area contributed by atoms with E-state index in [1.165, 1.54) is 0 Å². The molecule has 0 aliphatic carbocycles. The van der Waals surface area contributed by atoms with Crippen LogP contribution in [0.25, 0.3) is 0 Å². The summed E-state index contributed by atoms with van der Waals surface area (Å²) in [5.41, 5.74) is 2.70. The molecule has 0 saturated carbocycles. The van der Waals surface area contributed by atoms with Crippen LogP contribution in [0, 0.1) is 31.6 Å². The number of amides is 3. The lowest BCUT2D eigenvalue weighted by Gasteiger charge is -2.39. The van der Waals surface area contributed by atoms with Crippen LogP contribution in [0.15, 0.2) is 18.2 Å². The average Bonchev–Trinajstić information content (AvgIpc) is 3.33. The summed E-state index contributed by atoms with van der Waals surface area (Å²) in [6, 6.07) is 4.61. The van der Waals surface area contributed by atoms with Crippen LogP contribution in [0.5, 0.6) is 0 Å². The van der Waals surface area contributed by atoms with E-state index in [9.17, 15) is 19.5 Å². The molecule has 31 heavy (non-hydrogen) atoms. The Bertz CT molecular complexity index is 937. The van der Waals surface area contributed by atoms with E-state index in [4.69, 9.17) is 0 Å². The lowest BCUT2D eigenvalue weighted by Crippen LogP contribution is -2.56. The number of carbonyl (C=O) groups is 3. The molecule has 3 aliphatic rings. The fraction of sp³-hybridized carbons (Fsp3) is 0.609. The highest BCUT2D eigenvalue weighted by Crippen LogP contribution is 2.68. The van der Waals surface area contributed by atoms with Crippen molar-refractivity contribution in [1.29, 1.82) is 0 Å². The Morgan fingerprint density at radius 3 is 2.68 bits per heavy atom. The maximum absolute atomic E-state index is 13.8. The molecular weight excluding hydrogens is 414 g/mol. The van der Waals surface area contributed by atoms with Crippen molar-refractivity contribution in [2.45, 2.75) is 56.2 Å². The third-order valence-electron chi connectivity index (χ3n) is 7.37. The molecule has 7 nitrogen and oxygen atoms in total. The minimum absolute atomic E-state index is 0.0199. The largest absolute Gasteiger partial charge is 0.394 e. The molecule has 168 valence electrons. The number of aliphatic hydroxyl groups is 1. The molecule has 3 amide bonds. The smallest absolute Gasteiger partial charge is 0.248 e. The molecular formula is C23H31N3O4S. The third kappa shape index (κ3) is 3.09. The summed E-state index contributed by atoms with van der Waals surface area (Å²) in [7, 11) is 1.59. The van der Waals surface area contributed by atoms with E-state index in [2.05, 4.69) is 17.6 Å². The van der Waals surface area contributed by atoms with Gasteiger partial charge < -0.3 is 20.6 Å². The first kappa shape index (κ1) is 22.1. The SMILES string of the molecule is CNC(=O)[C@@H]1[C@@H]2CC(C)C3(S2)C(C(=O)Nc2cc(C)ccc2C)N([C@H](C)CO)C(=O)[C@H]13. The van der Waals surface area contributed by atoms with Gasteiger partial charge in [-0.15, -0.1) is 11.8 Å². The summed E-state index contributed by atoms with van der Waals surface area (Å²) >= 11 is 1.63. The Balaban J connectivity index is 1.78. The minimum Gasteiger partial charge on any atom is -0.394 e. The second-order valence-electron chi connectivity index (χ2n) is 9.25. The molecule has 2 bridgehead atoms. The number of aryl methyl sites for hydroxylation is 2. The van der Waals surface area contributed by atoms with E-state index in [0.717, 1.165) is 23.2 Å². The molecule has 1 spiro atoms. The van der Waals surface area contributed by atoms with Crippen LogP contribution < -0.4 is 10.6 Å². The fourth-order valence-corrected chi connectivity index (χ4v) is 8.27. The van der Waals surface area contributed by atoms with Crippen LogP contribution in [-0.2, 0) is 14.4 Å². The molecule has 0 radical (unpaired) electrons. The Hall–Kier alpha value is -2.06. The number of benzene rings is 1. The van der Waals surface area contributed by atoms with Gasteiger partial charge >= 0.3 is 0 Å². The van der Waals surface area contributed by atoms with Gasteiger partial charge in [0.05, 0.1) is 29.2 Å². The van der Waals surface area contributed by atoms with Gasteiger partial charge in [0.15, 0.2) is 0 Å². The van der Waals surface area contributed by atoms with Crippen molar-refractivity contribution in [3.05, 3.63) is 29.3 Å². The van der Waals surface area contributed by atoms with Crippen molar-refractivity contribution in [2.75, 3.05) is 19.0 Å². The predicted molar refractivity (Wildman–Crippen MR) is 121 cm³/mol. The predicted octanol–water partition coefficient (Wildman–Crippen LogP) is 1.71. The van der Waals surface area contributed by atoms with Gasteiger partial charge in [-0.2, -0.15) is 0 Å². The molecule has 3 N–H and O–H groups in total. The van der Waals surface area contributed by atoms with Crippen molar-refractivity contribution in [1.82, 2.24) is 10.2 Å². The number of nitrogens with zero attached hydrogens (tertiary/aromatic N) is 1. The highest BCUT2D eigenvalue weighted by molar-refractivity contribution is 8.02. The van der Waals surface area contributed by atoms with E-state index in [0.29, 0.717) is 0 Å². The van der Waals surface area contributed by atoms with Crippen molar-refractivity contribution in [2.24, 2.45) is 17.8 Å². The first-order valence-corrected chi connectivity index (χ1v) is 11.8. The number of likely N-dealkylation sites (tertiary alicyclic amines) is 1. The molecule has 4 rings (SSSR count). The van der Waals surface area contributed by atoms with Gasteiger partial charge in [-0.3, -0.25) is 14.4 Å². The van der Waals surface area contributed by atoms with E-state index in [-0.39, 0.29) is 35.5 Å². The zero-order chi connectivity index (χ0) is 22.7. The zero-order valence-electron chi connectivity index (χ0n) is 18.6. The van der Waals surface area contributed by atoms with Crippen molar-refractivity contribution in [3.8, 4) is 0 Å². The van der Waals surface area contributed by atoms with Crippen LogP contribution in [0.2, 0.25) is 0 Å². The Kier molecular flexibility index (Phi) is 5.58. The minimum atomic E-state index is -0.744. The molecule has 1 aromatic rings. The van der Waals surface area contributed by atoms with Crippen molar-refractivity contribution >= 4 is 35.2 Å². The Labute approximate surface area is 187 Å². The quantitative estimate of drug-likeness (QED) is 0.641. The standard InChI is InChI=1S/C23H31N3O4S/c1-11-6-7-12(2)15(8-11)25-21(29)19-23-13(3)9-16(31-23)17(20(28)24-5)18(23)22(30)26(19)14(4)10-27/h6-8,13-14,16-19,27H,9-10H2,1-5H3,(H,24,28)(H,25,29)/t13?,14-,16+,17-,18+,19?,23?/m1/s1. The highest BCUT2D eigenvalue weighted by atomic mass is 32.2. The van der Waals surface area contributed by atoms with Crippen LogP contribution in [0.3, 0.4) is 0 Å². The normalized spacial score (nSPS) is 34.6. The summed E-state index contributed by atoms with van der Waals surface area (Å²) in [4.78, 5) is 41.7. The summed E-state index contributed by atoms with van der Waals surface area (Å²) in [6.07, 6.45) is 0.793. The van der Waals surface area contributed by atoms with Gasteiger partial charge in [-0.05, 0) is 50.3 Å². The number of aliphatic hydroxyl groups excluding tert-OH is 1. The summed E-state index contributed by atoms with van der Waals surface area (Å²) in [5.74, 6) is -1.50. The van der Waals surface area contributed by atoms with Crippen LogP contribution in [0.1, 0.15) is 31.4 Å². The lowest BCUT2D eigenvalue weighted by molar-refractivity contribution is -0.141. The first-order chi connectivity index (χ1) is 14.7. The van der Waals surface area contributed by atoms with Crippen molar-refractivity contribution < 1.29 is 19.5 Å². The number of nitrogens with one attached hydrogen (secondary N) is 2. The maximum Gasteiger partial charge on any atom is 0.248 e. The van der Waals surface area contributed by atoms with E-state index in [1.54, 1.807) is 30.6 Å². The molecule has 3 saturated heterocycles. The number of carbonyl (C=O) groups excluding carboxylic acids is 3. The van der Waals surface area contributed by atoms with Gasteiger partial charge in [0, 0.05) is 18.0 Å². The van der Waals surface area contributed by atoms with Gasteiger partial charge in [0.2, 0.25) is 17.7 Å². The fourth-order valence-electron chi connectivity index (χ4n) is 5.86. The van der Waals surface area contributed by atoms with E-state index < -0.39 is 28.7 Å². The number of anilines is 1. The number of fused-ring (bicyclic) bond motifs is 1. The van der Waals surface area contributed by atoms with Gasteiger partial charge in [0.25, 0.3) is 0 Å². The lowest BCUT2D eigenvalue weighted by atomic mass is 9.66. The summed E-state index contributed by atoms with van der Waals surface area (Å²) in [5, 5.41) is 15.7. The van der Waals surface area contributed by atoms with Gasteiger partial charge in [-0.1, -0.05) is 19.1 Å². The second-order valence-corrected chi connectivity index (χ2v) is 10.8. The third-order valence-corrected chi connectivity index (χ3v) is 9.45. The zero-order valence-corrected chi connectivity index (χ0v) is 19.5. The molecule has 3 aliphatic heterocycles. The topological polar surface area (TPSA) is 98.7 Å². The van der Waals surface area contributed by atoms with E-state index in [1.807, 2.05) is 32.0 Å². The monoisotopic (exact) mass is 445 g/mol. The van der Waals surface area contributed by atoms with Gasteiger partial charge in [0.1, 0.15) is 6.04 Å². The van der Waals surface area contributed by atoms with Crippen LogP contribution in [-0.4, -0.2) is 63.5 Å². The van der Waals surface area contributed by atoms with Gasteiger partial charge in [-0.25, -0.2) is 0 Å². The van der Waals surface area contributed by atoms with Crippen LogP contribution >= 0.6 is 11.8 Å². The number of hydrogen-bond donors (Lipinski definition) is 3. The number of thioether (sulfide) groups is 1.